The number of rotatable bonds is 8. The van der Waals surface area contributed by atoms with Crippen LogP contribution in [0.5, 0.6) is 0 Å². The van der Waals surface area contributed by atoms with Crippen LogP contribution >= 0.6 is 0 Å². The Kier molecular flexibility index (Phi) is 7.13. The minimum Gasteiger partial charge on any atom is -0.481 e. The molecule has 0 saturated heterocycles. The van der Waals surface area contributed by atoms with Crippen LogP contribution in [-0.4, -0.2) is 55.0 Å². The fourth-order valence-electron chi connectivity index (χ4n) is 1.30. The first kappa shape index (κ1) is 16.2. The number of halogens is 3. The van der Waals surface area contributed by atoms with Crippen LogP contribution < -0.4 is 0 Å². The highest BCUT2D eigenvalue weighted by Gasteiger charge is 2.45. The lowest BCUT2D eigenvalue weighted by Crippen LogP contribution is -2.42. The van der Waals surface area contributed by atoms with Crippen molar-refractivity contribution in [2.75, 3.05) is 32.8 Å². The van der Waals surface area contributed by atoms with Gasteiger partial charge in [0.05, 0.1) is 6.61 Å². The number of aliphatic carboxylic acids is 1. The molecule has 0 bridgehead atoms. The van der Waals surface area contributed by atoms with Crippen molar-refractivity contribution in [1.82, 2.24) is 4.90 Å². The number of hydrogen-bond acceptors (Lipinski definition) is 3. The van der Waals surface area contributed by atoms with Crippen molar-refractivity contribution >= 4 is 5.97 Å². The van der Waals surface area contributed by atoms with Gasteiger partial charge in [0.25, 0.3) is 0 Å². The second-order valence-electron chi connectivity index (χ2n) is 3.52. The first-order valence-electron chi connectivity index (χ1n) is 5.42. The first-order valence-corrected chi connectivity index (χ1v) is 5.42. The molecule has 0 saturated carbocycles. The molecule has 4 nitrogen and oxygen atoms in total. The summed E-state index contributed by atoms with van der Waals surface area (Å²) in [5.74, 6) is -4.18. The summed E-state index contributed by atoms with van der Waals surface area (Å²) in [6.45, 7) is 4.36. The van der Waals surface area contributed by atoms with Crippen molar-refractivity contribution in [2.24, 2.45) is 5.92 Å². The molecule has 0 amide bonds. The van der Waals surface area contributed by atoms with Crippen LogP contribution in [0.15, 0.2) is 0 Å². The normalized spacial score (nSPS) is 14.0. The summed E-state index contributed by atoms with van der Waals surface area (Å²) < 4.78 is 42.3. The molecule has 0 radical (unpaired) electrons. The average molecular weight is 257 g/mol. The quantitative estimate of drug-likeness (QED) is 0.671. The summed E-state index contributed by atoms with van der Waals surface area (Å²) in [5, 5.41) is 8.55. The van der Waals surface area contributed by atoms with E-state index < -0.39 is 24.6 Å². The topological polar surface area (TPSA) is 49.8 Å². The van der Waals surface area contributed by atoms with E-state index in [-0.39, 0.29) is 0 Å². The molecule has 102 valence electrons. The third-order valence-electron chi connectivity index (χ3n) is 2.34. The van der Waals surface area contributed by atoms with Crippen molar-refractivity contribution in [2.45, 2.75) is 20.0 Å². The van der Waals surface area contributed by atoms with Gasteiger partial charge in [-0.25, -0.2) is 0 Å². The molecule has 7 heteroatoms. The highest BCUT2D eigenvalue weighted by Crippen LogP contribution is 2.27. The number of carboxylic acids is 1. The number of likely N-dealkylation sites (N-methyl/N-ethyl adjacent to an activating group) is 1. The van der Waals surface area contributed by atoms with Crippen molar-refractivity contribution < 1.29 is 27.8 Å². The highest BCUT2D eigenvalue weighted by atomic mass is 19.4. The average Bonchev–Trinajstić information content (AvgIpc) is 2.20. The van der Waals surface area contributed by atoms with Gasteiger partial charge >= 0.3 is 12.1 Å². The van der Waals surface area contributed by atoms with E-state index in [0.717, 1.165) is 0 Å². The summed E-state index contributed by atoms with van der Waals surface area (Å²) in [7, 11) is 0. The lowest BCUT2D eigenvalue weighted by Gasteiger charge is -2.25. The number of nitrogens with zero attached hydrogens (tertiary/aromatic N) is 1. The second-order valence-corrected chi connectivity index (χ2v) is 3.52. The molecule has 1 unspecified atom stereocenters. The van der Waals surface area contributed by atoms with Gasteiger partial charge in [-0.3, -0.25) is 4.79 Å². The van der Waals surface area contributed by atoms with Gasteiger partial charge in [-0.1, -0.05) is 6.92 Å². The van der Waals surface area contributed by atoms with E-state index in [1.165, 1.54) is 4.90 Å². The summed E-state index contributed by atoms with van der Waals surface area (Å²) in [5.41, 5.74) is 0. The number of alkyl halides is 3. The fraction of sp³-hybridized carbons (Fsp3) is 0.900. The molecule has 1 atom stereocenters. The smallest absolute Gasteiger partial charge is 0.403 e. The molecule has 0 heterocycles. The minimum absolute atomic E-state index is 0.296. The molecule has 0 rings (SSSR count). The van der Waals surface area contributed by atoms with Crippen LogP contribution in [0.1, 0.15) is 13.8 Å². The van der Waals surface area contributed by atoms with E-state index in [4.69, 9.17) is 9.84 Å². The molecule has 0 aliphatic heterocycles. The van der Waals surface area contributed by atoms with Crippen LogP contribution in [0.25, 0.3) is 0 Å². The van der Waals surface area contributed by atoms with Crippen LogP contribution in [-0.2, 0) is 9.53 Å². The maximum atomic E-state index is 12.4. The molecular formula is C10H18F3NO3. The molecular weight excluding hydrogens is 239 g/mol. The zero-order chi connectivity index (χ0) is 13.5. The van der Waals surface area contributed by atoms with Gasteiger partial charge in [0.1, 0.15) is 0 Å². The molecule has 0 spiro atoms. The Morgan fingerprint density at radius 3 is 2.35 bits per heavy atom. The maximum absolute atomic E-state index is 12.4. The zero-order valence-electron chi connectivity index (χ0n) is 9.96. The van der Waals surface area contributed by atoms with Crippen molar-refractivity contribution in [1.29, 1.82) is 0 Å². The summed E-state index contributed by atoms with van der Waals surface area (Å²) in [6.07, 6.45) is -4.72. The van der Waals surface area contributed by atoms with Gasteiger partial charge in [-0.15, -0.1) is 0 Å². The van der Waals surface area contributed by atoms with Crippen molar-refractivity contribution in [3.05, 3.63) is 0 Å². The largest absolute Gasteiger partial charge is 0.481 e. The Morgan fingerprint density at radius 1 is 1.41 bits per heavy atom. The zero-order valence-corrected chi connectivity index (χ0v) is 9.96. The predicted molar refractivity (Wildman–Crippen MR) is 55.8 cm³/mol. The Hall–Kier alpha value is -0.820. The maximum Gasteiger partial charge on any atom is 0.403 e. The van der Waals surface area contributed by atoms with E-state index in [1.54, 1.807) is 13.8 Å². The molecule has 0 aromatic rings. The van der Waals surface area contributed by atoms with E-state index in [2.05, 4.69) is 0 Å². The minimum atomic E-state index is -4.72. The molecule has 0 aromatic heterocycles. The van der Waals surface area contributed by atoms with Gasteiger partial charge < -0.3 is 14.7 Å². The second kappa shape index (κ2) is 7.50. The van der Waals surface area contributed by atoms with E-state index >= 15 is 0 Å². The van der Waals surface area contributed by atoms with Gasteiger partial charge in [0, 0.05) is 19.7 Å². The number of carbonyl (C=O) groups is 1. The van der Waals surface area contributed by atoms with Gasteiger partial charge in [0.2, 0.25) is 0 Å². The van der Waals surface area contributed by atoms with E-state index in [0.29, 0.717) is 26.3 Å². The Morgan fingerprint density at radius 2 is 2.00 bits per heavy atom. The monoisotopic (exact) mass is 257 g/mol. The molecule has 17 heavy (non-hydrogen) atoms. The lowest BCUT2D eigenvalue weighted by atomic mass is 10.1. The SMILES string of the molecule is CCOCCN(CC)CC(C(=O)O)C(F)(F)F. The Labute approximate surface area is 98.3 Å². The molecule has 0 aromatic carbocycles. The molecule has 0 aliphatic carbocycles. The van der Waals surface area contributed by atoms with Crippen molar-refractivity contribution in [3.63, 3.8) is 0 Å². The van der Waals surface area contributed by atoms with Crippen LogP contribution in [0.2, 0.25) is 0 Å². The van der Waals surface area contributed by atoms with E-state index in [9.17, 15) is 18.0 Å². The van der Waals surface area contributed by atoms with Crippen molar-refractivity contribution in [3.8, 4) is 0 Å². The summed E-state index contributed by atoms with van der Waals surface area (Å²) in [4.78, 5) is 12.0. The Bertz CT molecular complexity index is 233. The molecule has 0 aliphatic rings. The molecule has 0 fully saturated rings. The Balaban J connectivity index is 4.35. The lowest BCUT2D eigenvalue weighted by molar-refractivity contribution is -0.196. The van der Waals surface area contributed by atoms with E-state index in [1.807, 2.05) is 0 Å². The molecule has 1 N–H and O–H groups in total. The van der Waals surface area contributed by atoms with Crippen LogP contribution in [0.4, 0.5) is 13.2 Å². The predicted octanol–water partition coefficient (Wildman–Crippen LogP) is 1.61. The third-order valence-corrected chi connectivity index (χ3v) is 2.34. The summed E-state index contributed by atoms with van der Waals surface area (Å²) >= 11 is 0. The highest BCUT2D eigenvalue weighted by molar-refractivity contribution is 5.71. The fourth-order valence-corrected chi connectivity index (χ4v) is 1.30. The standard InChI is InChI=1S/C10H18F3NO3/c1-3-14(5-6-17-4-2)7-8(9(15)16)10(11,12)13/h8H,3-7H2,1-2H3,(H,15,16). The number of carboxylic acid groups (broad SMARTS) is 1. The van der Waals surface area contributed by atoms with Crippen LogP contribution in [0, 0.1) is 5.92 Å². The number of hydrogen-bond donors (Lipinski definition) is 1. The van der Waals surface area contributed by atoms with Crippen LogP contribution in [0.3, 0.4) is 0 Å². The van der Waals surface area contributed by atoms with Gasteiger partial charge in [-0.05, 0) is 13.5 Å². The first-order chi connectivity index (χ1) is 7.82. The van der Waals surface area contributed by atoms with Gasteiger partial charge in [-0.2, -0.15) is 13.2 Å². The third kappa shape index (κ3) is 6.48. The van der Waals surface area contributed by atoms with Gasteiger partial charge in [0.15, 0.2) is 5.92 Å². The number of ether oxygens (including phenoxy) is 1. The summed E-state index contributed by atoms with van der Waals surface area (Å²) in [6, 6.07) is 0.